The van der Waals surface area contributed by atoms with Gasteiger partial charge in [0.2, 0.25) is 0 Å². The Hall–Kier alpha value is -1.94. The van der Waals surface area contributed by atoms with Crippen LogP contribution >= 0.6 is 0 Å². The molecule has 4 nitrogen and oxygen atoms in total. The van der Waals surface area contributed by atoms with Crippen LogP contribution in [0.2, 0.25) is 0 Å². The van der Waals surface area contributed by atoms with Crippen molar-refractivity contribution in [1.82, 2.24) is 5.48 Å². The van der Waals surface area contributed by atoms with Gasteiger partial charge in [-0.25, -0.2) is 5.48 Å². The third-order valence-electron chi connectivity index (χ3n) is 1.69. The summed E-state index contributed by atoms with van der Waals surface area (Å²) < 4.78 is 0. The summed E-state index contributed by atoms with van der Waals surface area (Å²) in [7, 11) is 0. The molecule has 1 aromatic carbocycles. The van der Waals surface area contributed by atoms with Crippen LogP contribution in [0.3, 0.4) is 0 Å². The van der Waals surface area contributed by atoms with Gasteiger partial charge in [-0.15, -0.1) is 0 Å². The Bertz CT molecular complexity index is 370. The first kappa shape index (κ1) is 10.1. The van der Waals surface area contributed by atoms with Crippen molar-refractivity contribution in [3.05, 3.63) is 48.0 Å². The van der Waals surface area contributed by atoms with Gasteiger partial charge in [-0.2, -0.15) is 0 Å². The first-order valence-corrected chi connectivity index (χ1v) is 3.90. The molecule has 14 heavy (non-hydrogen) atoms. The molecule has 1 rings (SSSR count). The van der Waals surface area contributed by atoms with E-state index >= 15 is 0 Å². The summed E-state index contributed by atoms with van der Waals surface area (Å²) in [5, 5.41) is 8.29. The molecule has 1 aromatic rings. The molecule has 0 spiro atoms. The second kappa shape index (κ2) is 4.34. The molecule has 0 saturated carbocycles. The summed E-state index contributed by atoms with van der Waals surface area (Å²) in [6.07, 6.45) is 0. The summed E-state index contributed by atoms with van der Waals surface area (Å²) in [4.78, 5) is 22.3. The Morgan fingerprint density at radius 3 is 2.29 bits per heavy atom. The van der Waals surface area contributed by atoms with Crippen molar-refractivity contribution in [2.45, 2.75) is 0 Å². The zero-order chi connectivity index (χ0) is 10.6. The van der Waals surface area contributed by atoms with Crippen LogP contribution in [0.1, 0.15) is 10.4 Å². The smallest absolute Gasteiger partial charge is 0.278 e. The number of carbonyl (C=O) groups excluding carboxylic acids is 2. The predicted molar refractivity (Wildman–Crippen MR) is 49.8 cm³/mol. The summed E-state index contributed by atoms with van der Waals surface area (Å²) in [6.45, 7) is 3.28. The molecular formula is C10H9NO3. The number of Topliss-reactive ketones (excluding diaryl/α,β-unsaturated/α-hetero) is 1. The normalized spacial score (nSPS) is 9.21. The average molecular weight is 191 g/mol. The van der Waals surface area contributed by atoms with E-state index in [2.05, 4.69) is 6.58 Å². The molecular weight excluding hydrogens is 182 g/mol. The van der Waals surface area contributed by atoms with Crippen LogP contribution < -0.4 is 5.48 Å². The highest BCUT2D eigenvalue weighted by Gasteiger charge is 2.16. The number of hydroxylamine groups is 1. The number of nitrogens with one attached hydrogen (secondary N) is 1. The molecule has 0 bridgehead atoms. The lowest BCUT2D eigenvalue weighted by atomic mass is 10.0. The van der Waals surface area contributed by atoms with Crippen LogP contribution in [0.5, 0.6) is 0 Å². The van der Waals surface area contributed by atoms with Crippen LogP contribution in [0.25, 0.3) is 0 Å². The van der Waals surface area contributed by atoms with Gasteiger partial charge in [0.05, 0.1) is 5.57 Å². The Morgan fingerprint density at radius 2 is 1.79 bits per heavy atom. The van der Waals surface area contributed by atoms with Crippen molar-refractivity contribution in [3.8, 4) is 0 Å². The van der Waals surface area contributed by atoms with E-state index in [1.54, 1.807) is 30.3 Å². The van der Waals surface area contributed by atoms with E-state index < -0.39 is 11.7 Å². The lowest BCUT2D eigenvalue weighted by Crippen LogP contribution is -2.24. The fourth-order valence-corrected chi connectivity index (χ4v) is 0.934. The molecule has 0 aliphatic rings. The Labute approximate surface area is 80.8 Å². The lowest BCUT2D eigenvalue weighted by Gasteiger charge is -2.01. The average Bonchev–Trinajstić information content (AvgIpc) is 2.27. The van der Waals surface area contributed by atoms with E-state index in [0.29, 0.717) is 5.56 Å². The first-order chi connectivity index (χ1) is 6.66. The maximum Gasteiger partial charge on any atom is 0.278 e. The Balaban J connectivity index is 2.87. The maximum atomic E-state index is 11.5. The number of amides is 1. The molecule has 1 amide bonds. The van der Waals surface area contributed by atoms with Crippen LogP contribution in [-0.2, 0) is 4.79 Å². The zero-order valence-corrected chi connectivity index (χ0v) is 7.36. The topological polar surface area (TPSA) is 66.4 Å². The second-order valence-electron chi connectivity index (χ2n) is 2.61. The quantitative estimate of drug-likeness (QED) is 0.186. The summed E-state index contributed by atoms with van der Waals surface area (Å²) in [5.74, 6) is -1.39. The number of ketones is 1. The highest BCUT2D eigenvalue weighted by Crippen LogP contribution is 2.06. The van der Waals surface area contributed by atoms with E-state index in [1.165, 1.54) is 5.48 Å². The van der Waals surface area contributed by atoms with E-state index in [0.717, 1.165) is 0 Å². The molecule has 0 unspecified atom stereocenters. The largest absolute Gasteiger partial charge is 0.288 e. The van der Waals surface area contributed by atoms with Gasteiger partial charge >= 0.3 is 0 Å². The standard InChI is InChI=1S/C10H9NO3/c1-7(10(13)11-14)9(12)8-5-3-2-4-6-8/h2-6,14H,1H2,(H,11,13). The van der Waals surface area contributed by atoms with Crippen molar-refractivity contribution < 1.29 is 14.8 Å². The minimum absolute atomic E-state index is 0.293. The Morgan fingerprint density at radius 1 is 1.21 bits per heavy atom. The fraction of sp³-hybridized carbons (Fsp3) is 0. The summed E-state index contributed by atoms with van der Waals surface area (Å²) in [5.41, 5.74) is 1.43. The van der Waals surface area contributed by atoms with Gasteiger partial charge in [0, 0.05) is 5.56 Å². The molecule has 0 aliphatic heterocycles. The molecule has 0 saturated heterocycles. The van der Waals surface area contributed by atoms with Crippen molar-refractivity contribution in [2.24, 2.45) is 0 Å². The van der Waals surface area contributed by atoms with E-state index in [1.807, 2.05) is 0 Å². The second-order valence-corrected chi connectivity index (χ2v) is 2.61. The van der Waals surface area contributed by atoms with Gasteiger partial charge in [0.1, 0.15) is 0 Å². The molecule has 0 atom stereocenters. The predicted octanol–water partition coefficient (Wildman–Crippen LogP) is 0.931. The molecule has 0 heterocycles. The molecule has 72 valence electrons. The number of benzene rings is 1. The highest BCUT2D eigenvalue weighted by molar-refractivity contribution is 6.24. The summed E-state index contributed by atoms with van der Waals surface area (Å²) in [6, 6.07) is 8.25. The third kappa shape index (κ3) is 2.05. The van der Waals surface area contributed by atoms with Gasteiger partial charge in [0.25, 0.3) is 5.91 Å². The molecule has 0 aromatic heterocycles. The van der Waals surface area contributed by atoms with Crippen molar-refractivity contribution in [3.63, 3.8) is 0 Å². The highest BCUT2D eigenvalue weighted by atomic mass is 16.5. The number of hydrogen-bond acceptors (Lipinski definition) is 3. The minimum Gasteiger partial charge on any atom is -0.288 e. The molecule has 0 aliphatic carbocycles. The van der Waals surface area contributed by atoms with Crippen LogP contribution in [0.15, 0.2) is 42.5 Å². The minimum atomic E-state index is -0.890. The zero-order valence-electron chi connectivity index (χ0n) is 7.36. The molecule has 0 radical (unpaired) electrons. The monoisotopic (exact) mass is 191 g/mol. The summed E-state index contributed by atoms with van der Waals surface area (Å²) >= 11 is 0. The fourth-order valence-electron chi connectivity index (χ4n) is 0.934. The van der Waals surface area contributed by atoms with Gasteiger partial charge in [-0.05, 0) is 0 Å². The first-order valence-electron chi connectivity index (χ1n) is 3.90. The lowest BCUT2D eigenvalue weighted by molar-refractivity contribution is -0.124. The van der Waals surface area contributed by atoms with Crippen LogP contribution in [0, 0.1) is 0 Å². The number of rotatable bonds is 3. The van der Waals surface area contributed by atoms with Gasteiger partial charge in [-0.1, -0.05) is 36.9 Å². The van der Waals surface area contributed by atoms with Crippen molar-refractivity contribution in [2.75, 3.05) is 0 Å². The van der Waals surface area contributed by atoms with Crippen molar-refractivity contribution >= 4 is 11.7 Å². The van der Waals surface area contributed by atoms with Gasteiger partial charge in [-0.3, -0.25) is 14.8 Å². The number of carbonyl (C=O) groups is 2. The van der Waals surface area contributed by atoms with Crippen LogP contribution in [-0.4, -0.2) is 16.9 Å². The van der Waals surface area contributed by atoms with Gasteiger partial charge in [0.15, 0.2) is 5.78 Å². The van der Waals surface area contributed by atoms with Gasteiger partial charge < -0.3 is 0 Å². The van der Waals surface area contributed by atoms with Crippen LogP contribution in [0.4, 0.5) is 0 Å². The van der Waals surface area contributed by atoms with Crippen molar-refractivity contribution in [1.29, 1.82) is 0 Å². The maximum absolute atomic E-state index is 11.5. The Kier molecular flexibility index (Phi) is 3.14. The molecule has 4 heteroatoms. The third-order valence-corrected chi connectivity index (χ3v) is 1.69. The van der Waals surface area contributed by atoms with E-state index in [4.69, 9.17) is 5.21 Å². The van der Waals surface area contributed by atoms with E-state index in [-0.39, 0.29) is 5.57 Å². The molecule has 0 fully saturated rings. The molecule has 2 N–H and O–H groups in total. The van der Waals surface area contributed by atoms with E-state index in [9.17, 15) is 9.59 Å². The number of hydrogen-bond donors (Lipinski definition) is 2. The SMILES string of the molecule is C=C(C(=O)NO)C(=O)c1ccccc1.